The van der Waals surface area contributed by atoms with Crippen LogP contribution in [0.5, 0.6) is 0 Å². The van der Waals surface area contributed by atoms with Gasteiger partial charge in [0, 0.05) is 15.8 Å². The van der Waals surface area contributed by atoms with Crippen molar-refractivity contribution in [1.82, 2.24) is 10.1 Å². The smallest absolute Gasteiger partial charge is 0.348 e. The van der Waals surface area contributed by atoms with E-state index in [0.29, 0.717) is 22.5 Å². The molecule has 1 aliphatic carbocycles. The molecule has 0 spiro atoms. The van der Waals surface area contributed by atoms with E-state index in [9.17, 15) is 4.79 Å². The fourth-order valence-corrected chi connectivity index (χ4v) is 4.56. The topological polar surface area (TPSA) is 65.2 Å². The van der Waals surface area contributed by atoms with Crippen LogP contribution in [0.15, 0.2) is 27.4 Å². The number of aryl methyl sites for hydroxylation is 1. The number of carbonyl (C=O) groups excluding carboxylic acids is 1. The lowest BCUT2D eigenvalue weighted by Gasteiger charge is -2.16. The molecule has 0 N–H and O–H groups in total. The monoisotopic (exact) mass is 360 g/mol. The Labute approximate surface area is 147 Å². The van der Waals surface area contributed by atoms with Crippen LogP contribution in [0.1, 0.15) is 39.3 Å². The summed E-state index contributed by atoms with van der Waals surface area (Å²) in [7, 11) is 0. The Hall–Kier alpha value is -1.99. The first kappa shape index (κ1) is 15.5. The van der Waals surface area contributed by atoms with Gasteiger partial charge in [0.1, 0.15) is 4.88 Å². The van der Waals surface area contributed by atoms with Gasteiger partial charge in [0.15, 0.2) is 6.61 Å². The molecule has 0 unspecified atom stereocenters. The highest BCUT2D eigenvalue weighted by molar-refractivity contribution is 7.14. The number of carbonyl (C=O) groups is 1. The number of esters is 1. The Bertz CT molecular complexity index is 851. The zero-order chi connectivity index (χ0) is 16.5. The third-order valence-electron chi connectivity index (χ3n) is 4.10. The van der Waals surface area contributed by atoms with Crippen LogP contribution in [-0.4, -0.2) is 16.1 Å². The zero-order valence-corrected chi connectivity index (χ0v) is 14.8. The fourth-order valence-electron chi connectivity index (χ4n) is 2.83. The molecule has 0 saturated carbocycles. The molecule has 4 rings (SSSR count). The molecule has 0 bridgehead atoms. The number of hydrogen-bond acceptors (Lipinski definition) is 7. The van der Waals surface area contributed by atoms with Crippen molar-refractivity contribution in [2.24, 2.45) is 5.92 Å². The Morgan fingerprint density at radius 2 is 2.42 bits per heavy atom. The number of thiophene rings is 2. The molecular weight excluding hydrogens is 344 g/mol. The summed E-state index contributed by atoms with van der Waals surface area (Å²) < 4.78 is 10.5. The van der Waals surface area contributed by atoms with Crippen molar-refractivity contribution in [3.05, 3.63) is 44.1 Å². The molecular formula is C17H16N2O3S2. The standard InChI is InChI=1S/C17H16N2O3S2/c1-10-2-3-13-12(6-10)7-14(24-13)17(20)21-8-15-18-16(19-22-15)11-4-5-23-9-11/h4-5,7,9-10H,2-3,6,8H2,1H3/t10-/m1/s1. The minimum absolute atomic E-state index is 0.00502. The molecule has 3 aromatic heterocycles. The Morgan fingerprint density at radius 1 is 1.50 bits per heavy atom. The second-order valence-corrected chi connectivity index (χ2v) is 7.92. The fraction of sp³-hybridized carbons (Fsp3) is 0.353. The highest BCUT2D eigenvalue weighted by Gasteiger charge is 2.22. The van der Waals surface area contributed by atoms with Gasteiger partial charge in [0.2, 0.25) is 5.82 Å². The second-order valence-electron chi connectivity index (χ2n) is 6.01. The van der Waals surface area contributed by atoms with Gasteiger partial charge < -0.3 is 9.26 Å². The van der Waals surface area contributed by atoms with Crippen LogP contribution in [-0.2, 0) is 24.2 Å². The lowest BCUT2D eigenvalue weighted by molar-refractivity contribution is 0.0435. The van der Waals surface area contributed by atoms with E-state index in [-0.39, 0.29) is 12.6 Å². The van der Waals surface area contributed by atoms with Crippen LogP contribution in [0.3, 0.4) is 0 Å². The lowest BCUT2D eigenvalue weighted by Crippen LogP contribution is -2.08. The third kappa shape index (κ3) is 3.14. The average Bonchev–Trinajstić information content (AvgIpc) is 3.30. The van der Waals surface area contributed by atoms with E-state index in [1.165, 1.54) is 16.9 Å². The first-order valence-corrected chi connectivity index (χ1v) is 9.59. The third-order valence-corrected chi connectivity index (χ3v) is 6.00. The summed E-state index contributed by atoms with van der Waals surface area (Å²) in [6.07, 6.45) is 3.30. The maximum Gasteiger partial charge on any atom is 0.348 e. The molecule has 1 atom stereocenters. The molecule has 0 saturated heterocycles. The van der Waals surface area contributed by atoms with Gasteiger partial charge in [0.25, 0.3) is 5.89 Å². The van der Waals surface area contributed by atoms with E-state index in [4.69, 9.17) is 9.26 Å². The first-order chi connectivity index (χ1) is 11.7. The molecule has 0 fully saturated rings. The summed E-state index contributed by atoms with van der Waals surface area (Å²) in [4.78, 5) is 18.5. The summed E-state index contributed by atoms with van der Waals surface area (Å²) in [5, 5.41) is 7.79. The maximum atomic E-state index is 12.3. The zero-order valence-electron chi connectivity index (χ0n) is 13.2. The summed E-state index contributed by atoms with van der Waals surface area (Å²) in [5.41, 5.74) is 2.20. The molecule has 5 nitrogen and oxygen atoms in total. The van der Waals surface area contributed by atoms with E-state index >= 15 is 0 Å². The molecule has 3 aromatic rings. The van der Waals surface area contributed by atoms with Crippen LogP contribution in [0, 0.1) is 5.92 Å². The summed E-state index contributed by atoms with van der Waals surface area (Å²) in [5.74, 6) is 1.18. The van der Waals surface area contributed by atoms with Crippen LogP contribution in [0.25, 0.3) is 11.4 Å². The van der Waals surface area contributed by atoms with E-state index in [0.717, 1.165) is 18.4 Å². The molecule has 3 heterocycles. The number of fused-ring (bicyclic) bond motifs is 1. The molecule has 1 aliphatic rings. The van der Waals surface area contributed by atoms with E-state index in [1.807, 2.05) is 22.9 Å². The Balaban J connectivity index is 1.40. The number of aromatic nitrogens is 2. The minimum atomic E-state index is -0.322. The Morgan fingerprint density at radius 3 is 3.25 bits per heavy atom. The summed E-state index contributed by atoms with van der Waals surface area (Å²) >= 11 is 3.11. The Kier molecular flexibility index (Phi) is 4.20. The molecule has 124 valence electrons. The summed E-state index contributed by atoms with van der Waals surface area (Å²) in [6.45, 7) is 2.24. The number of hydrogen-bond donors (Lipinski definition) is 0. The van der Waals surface area contributed by atoms with Crippen molar-refractivity contribution in [1.29, 1.82) is 0 Å². The predicted octanol–water partition coefficient (Wildman–Crippen LogP) is 4.34. The van der Waals surface area contributed by atoms with Crippen molar-refractivity contribution in [3.63, 3.8) is 0 Å². The van der Waals surface area contributed by atoms with Gasteiger partial charge in [-0.25, -0.2) is 4.79 Å². The van der Waals surface area contributed by atoms with Gasteiger partial charge >= 0.3 is 5.97 Å². The summed E-state index contributed by atoms with van der Waals surface area (Å²) in [6, 6.07) is 3.89. The molecule has 7 heteroatoms. The van der Waals surface area contributed by atoms with Crippen molar-refractivity contribution >= 4 is 28.6 Å². The average molecular weight is 360 g/mol. The van der Waals surface area contributed by atoms with E-state index < -0.39 is 0 Å². The van der Waals surface area contributed by atoms with Gasteiger partial charge in [-0.15, -0.1) is 11.3 Å². The molecule has 0 amide bonds. The normalized spacial score (nSPS) is 16.8. The molecule has 0 radical (unpaired) electrons. The van der Waals surface area contributed by atoms with Crippen LogP contribution in [0.4, 0.5) is 0 Å². The van der Waals surface area contributed by atoms with Crippen LogP contribution < -0.4 is 0 Å². The van der Waals surface area contributed by atoms with Gasteiger partial charge in [-0.05, 0) is 48.3 Å². The quantitative estimate of drug-likeness (QED) is 0.648. The lowest BCUT2D eigenvalue weighted by atomic mass is 9.90. The van der Waals surface area contributed by atoms with Crippen LogP contribution in [0.2, 0.25) is 0 Å². The van der Waals surface area contributed by atoms with Crippen LogP contribution >= 0.6 is 22.7 Å². The van der Waals surface area contributed by atoms with E-state index in [2.05, 4.69) is 17.1 Å². The SMILES string of the molecule is C[C@@H]1CCc2sc(C(=O)OCc3nc(-c4ccsc4)no3)cc2C1. The van der Waals surface area contributed by atoms with Crippen molar-refractivity contribution in [3.8, 4) is 11.4 Å². The van der Waals surface area contributed by atoms with Gasteiger partial charge in [-0.1, -0.05) is 12.1 Å². The number of nitrogens with zero attached hydrogens (tertiary/aromatic N) is 2. The van der Waals surface area contributed by atoms with Gasteiger partial charge in [-0.2, -0.15) is 16.3 Å². The molecule has 0 aliphatic heterocycles. The second kappa shape index (κ2) is 6.49. The largest absolute Gasteiger partial charge is 0.451 e. The van der Waals surface area contributed by atoms with E-state index in [1.54, 1.807) is 22.7 Å². The van der Waals surface area contributed by atoms with Crippen molar-refractivity contribution in [2.75, 3.05) is 0 Å². The van der Waals surface area contributed by atoms with Gasteiger partial charge in [0.05, 0.1) is 0 Å². The van der Waals surface area contributed by atoms with Crippen molar-refractivity contribution in [2.45, 2.75) is 32.8 Å². The minimum Gasteiger partial charge on any atom is -0.451 e. The maximum absolute atomic E-state index is 12.3. The highest BCUT2D eigenvalue weighted by Crippen LogP contribution is 2.32. The predicted molar refractivity (Wildman–Crippen MR) is 92.2 cm³/mol. The first-order valence-electron chi connectivity index (χ1n) is 7.83. The highest BCUT2D eigenvalue weighted by atomic mass is 32.1. The molecule has 0 aromatic carbocycles. The number of rotatable bonds is 4. The number of ether oxygens (including phenoxy) is 1. The van der Waals surface area contributed by atoms with Gasteiger partial charge in [-0.3, -0.25) is 0 Å². The van der Waals surface area contributed by atoms with Crippen molar-refractivity contribution < 1.29 is 14.1 Å². The molecule has 24 heavy (non-hydrogen) atoms.